The van der Waals surface area contributed by atoms with Gasteiger partial charge in [-0.1, -0.05) is 23.6 Å². The van der Waals surface area contributed by atoms with Crippen molar-refractivity contribution in [1.29, 1.82) is 0 Å². The summed E-state index contributed by atoms with van der Waals surface area (Å²) in [7, 11) is 5.11. The average Bonchev–Trinajstić information content (AvgIpc) is 3.21. The van der Waals surface area contributed by atoms with Crippen LogP contribution in [0.15, 0.2) is 36.7 Å². The number of rotatable bonds is 7. The molecule has 1 N–H and O–H groups in total. The number of hydrogen-bond acceptors (Lipinski definition) is 7. The third kappa shape index (κ3) is 5.09. The van der Waals surface area contributed by atoms with Crippen molar-refractivity contribution < 1.29 is 18.7 Å². The van der Waals surface area contributed by atoms with Crippen LogP contribution < -0.4 is 14.8 Å². The van der Waals surface area contributed by atoms with E-state index in [2.05, 4.69) is 21.2 Å². The summed E-state index contributed by atoms with van der Waals surface area (Å²) in [6.45, 7) is 0.793. The van der Waals surface area contributed by atoms with Crippen molar-refractivity contribution in [2.45, 2.75) is 18.6 Å². The van der Waals surface area contributed by atoms with E-state index in [1.165, 1.54) is 24.4 Å². The van der Waals surface area contributed by atoms with Gasteiger partial charge in [0, 0.05) is 31.5 Å². The predicted octanol–water partition coefficient (Wildman–Crippen LogP) is 3.72. The van der Waals surface area contributed by atoms with Gasteiger partial charge < -0.3 is 19.7 Å². The summed E-state index contributed by atoms with van der Waals surface area (Å²) in [4.78, 5) is 24.8. The Morgan fingerprint density at radius 3 is 2.91 bits per heavy atom. The SMILES string of the molecule is C#CCN(C)C(=O)[C@@H]1C[C@@H](Oc2cc3c(Nc4cccc(Cl)c4F)ncnc3cc2OC)CN1C. The minimum Gasteiger partial charge on any atom is -0.493 e. The number of likely N-dealkylation sites (N-methyl/N-ethyl adjacent to an activating group) is 2. The maximum Gasteiger partial charge on any atom is 0.240 e. The van der Waals surface area contributed by atoms with Crippen LogP contribution in [-0.4, -0.2) is 72.1 Å². The summed E-state index contributed by atoms with van der Waals surface area (Å²) in [5.74, 6) is 3.20. The number of likely N-dealkylation sites (tertiary alicyclic amines) is 1. The number of carbonyl (C=O) groups excluding carboxylic acids is 1. The molecule has 2 atom stereocenters. The standard InChI is InChI=1S/C25H25ClFN5O3/c1-5-9-31(2)25(33)20-10-15(13-32(20)3)35-22-11-16-19(12-21(22)34-4)28-14-29-24(16)30-18-8-6-7-17(26)23(18)27/h1,6-8,11-12,14-15,20H,9-10,13H2,2-4H3,(H,28,29,30)/t15-,20+/m1/s1. The number of benzene rings is 2. The predicted molar refractivity (Wildman–Crippen MR) is 133 cm³/mol. The monoisotopic (exact) mass is 497 g/mol. The van der Waals surface area contributed by atoms with Crippen LogP contribution in [0.3, 0.4) is 0 Å². The number of methoxy groups -OCH3 is 1. The van der Waals surface area contributed by atoms with E-state index in [0.717, 1.165) is 0 Å². The van der Waals surface area contributed by atoms with Gasteiger partial charge in [-0.15, -0.1) is 6.42 Å². The molecule has 35 heavy (non-hydrogen) atoms. The molecule has 1 aliphatic heterocycles. The first-order valence-corrected chi connectivity index (χ1v) is 11.3. The van der Waals surface area contributed by atoms with Gasteiger partial charge in [-0.05, 0) is 25.2 Å². The van der Waals surface area contributed by atoms with E-state index in [0.29, 0.717) is 41.2 Å². The molecular weight excluding hydrogens is 473 g/mol. The first-order chi connectivity index (χ1) is 16.8. The van der Waals surface area contributed by atoms with Crippen molar-refractivity contribution >= 4 is 39.9 Å². The van der Waals surface area contributed by atoms with Crippen LogP contribution in [0.1, 0.15) is 6.42 Å². The third-order valence-corrected chi connectivity index (χ3v) is 6.21. The molecule has 0 bridgehead atoms. The van der Waals surface area contributed by atoms with Crippen LogP contribution in [0, 0.1) is 18.2 Å². The lowest BCUT2D eigenvalue weighted by molar-refractivity contribution is -0.133. The van der Waals surface area contributed by atoms with Crippen molar-refractivity contribution in [3.63, 3.8) is 0 Å². The fourth-order valence-corrected chi connectivity index (χ4v) is 4.29. The van der Waals surface area contributed by atoms with E-state index in [-0.39, 0.29) is 35.3 Å². The van der Waals surface area contributed by atoms with Crippen molar-refractivity contribution in [2.75, 3.05) is 39.6 Å². The lowest BCUT2D eigenvalue weighted by Crippen LogP contribution is -2.42. The zero-order valence-electron chi connectivity index (χ0n) is 19.6. The van der Waals surface area contributed by atoms with Gasteiger partial charge in [0.25, 0.3) is 0 Å². The van der Waals surface area contributed by atoms with Crippen LogP contribution in [0.2, 0.25) is 5.02 Å². The van der Waals surface area contributed by atoms with Gasteiger partial charge in [-0.25, -0.2) is 14.4 Å². The second kappa shape index (κ2) is 10.3. The molecule has 0 aliphatic carbocycles. The van der Waals surface area contributed by atoms with E-state index in [4.69, 9.17) is 27.5 Å². The number of ether oxygens (including phenoxy) is 2. The fraction of sp³-hybridized carbons (Fsp3) is 0.320. The van der Waals surface area contributed by atoms with E-state index < -0.39 is 5.82 Å². The molecule has 3 aromatic rings. The third-order valence-electron chi connectivity index (χ3n) is 5.92. The fourth-order valence-electron chi connectivity index (χ4n) is 4.12. The van der Waals surface area contributed by atoms with Crippen molar-refractivity contribution in [3.8, 4) is 23.8 Å². The Labute approximate surface area is 208 Å². The molecule has 1 fully saturated rings. The van der Waals surface area contributed by atoms with Crippen LogP contribution in [0.5, 0.6) is 11.5 Å². The maximum absolute atomic E-state index is 14.5. The van der Waals surface area contributed by atoms with Crippen molar-refractivity contribution in [1.82, 2.24) is 19.8 Å². The van der Waals surface area contributed by atoms with Gasteiger partial charge in [0.1, 0.15) is 18.2 Å². The highest BCUT2D eigenvalue weighted by Gasteiger charge is 2.37. The Hall–Kier alpha value is -3.61. The highest BCUT2D eigenvalue weighted by Crippen LogP contribution is 2.37. The molecule has 10 heteroatoms. The lowest BCUT2D eigenvalue weighted by atomic mass is 10.1. The molecule has 0 radical (unpaired) electrons. The van der Waals surface area contributed by atoms with Gasteiger partial charge in [-0.3, -0.25) is 9.69 Å². The zero-order chi connectivity index (χ0) is 25.1. The smallest absolute Gasteiger partial charge is 0.240 e. The molecule has 0 saturated carbocycles. The Morgan fingerprint density at radius 1 is 1.37 bits per heavy atom. The number of terminal acetylenes is 1. The number of aromatic nitrogens is 2. The maximum atomic E-state index is 14.5. The number of fused-ring (bicyclic) bond motifs is 1. The summed E-state index contributed by atoms with van der Waals surface area (Å²) < 4.78 is 26.3. The summed E-state index contributed by atoms with van der Waals surface area (Å²) in [5.41, 5.74) is 0.771. The Balaban J connectivity index is 1.62. The molecular formula is C25H25ClFN5O3. The summed E-state index contributed by atoms with van der Waals surface area (Å²) in [6.07, 6.45) is 6.96. The van der Waals surface area contributed by atoms with E-state index in [1.807, 2.05) is 11.9 Å². The highest BCUT2D eigenvalue weighted by molar-refractivity contribution is 6.31. The summed E-state index contributed by atoms with van der Waals surface area (Å²) in [6, 6.07) is 7.82. The van der Waals surface area contributed by atoms with Crippen LogP contribution >= 0.6 is 11.6 Å². The summed E-state index contributed by atoms with van der Waals surface area (Å²) in [5, 5.41) is 3.59. The molecule has 1 aliphatic rings. The Kier molecular flexibility index (Phi) is 7.24. The van der Waals surface area contributed by atoms with Gasteiger partial charge in [-0.2, -0.15) is 0 Å². The minimum atomic E-state index is -0.578. The van der Waals surface area contributed by atoms with Gasteiger partial charge in [0.15, 0.2) is 17.3 Å². The first-order valence-electron chi connectivity index (χ1n) is 10.9. The molecule has 182 valence electrons. The number of nitrogens with zero attached hydrogens (tertiary/aromatic N) is 4. The molecule has 1 saturated heterocycles. The van der Waals surface area contributed by atoms with E-state index >= 15 is 0 Å². The topological polar surface area (TPSA) is 79.8 Å². The Bertz CT molecular complexity index is 1300. The molecule has 0 unspecified atom stereocenters. The van der Waals surface area contributed by atoms with Crippen molar-refractivity contribution in [2.24, 2.45) is 0 Å². The molecule has 0 spiro atoms. The zero-order valence-corrected chi connectivity index (χ0v) is 20.3. The number of halogens is 2. The number of anilines is 2. The molecule has 2 aromatic carbocycles. The number of carbonyl (C=O) groups is 1. The van der Waals surface area contributed by atoms with Gasteiger partial charge in [0.2, 0.25) is 5.91 Å². The second-order valence-corrected chi connectivity index (χ2v) is 8.71. The number of amides is 1. The van der Waals surface area contributed by atoms with E-state index in [9.17, 15) is 9.18 Å². The quantitative estimate of drug-likeness (QED) is 0.498. The molecule has 1 amide bonds. The second-order valence-electron chi connectivity index (χ2n) is 8.30. The highest BCUT2D eigenvalue weighted by atomic mass is 35.5. The largest absolute Gasteiger partial charge is 0.493 e. The van der Waals surface area contributed by atoms with Gasteiger partial charge in [0.05, 0.1) is 35.9 Å². The van der Waals surface area contributed by atoms with Crippen LogP contribution in [0.25, 0.3) is 10.9 Å². The van der Waals surface area contributed by atoms with Crippen LogP contribution in [-0.2, 0) is 4.79 Å². The molecule has 2 heterocycles. The normalized spacial score (nSPS) is 17.7. The van der Waals surface area contributed by atoms with Gasteiger partial charge >= 0.3 is 0 Å². The van der Waals surface area contributed by atoms with Crippen molar-refractivity contribution in [3.05, 3.63) is 47.5 Å². The number of nitrogens with one attached hydrogen (secondary N) is 1. The molecule has 1 aromatic heterocycles. The molecule has 8 nitrogen and oxygen atoms in total. The minimum absolute atomic E-state index is 0.00129. The Morgan fingerprint density at radius 2 is 2.17 bits per heavy atom. The average molecular weight is 498 g/mol. The van der Waals surface area contributed by atoms with Crippen LogP contribution in [0.4, 0.5) is 15.9 Å². The summed E-state index contributed by atoms with van der Waals surface area (Å²) >= 11 is 5.92. The van der Waals surface area contributed by atoms with E-state index in [1.54, 1.807) is 31.3 Å². The first kappa shape index (κ1) is 24.5. The lowest BCUT2D eigenvalue weighted by Gasteiger charge is -2.23. The molecule has 4 rings (SSSR count). The number of hydrogen-bond donors (Lipinski definition) is 1.